The van der Waals surface area contributed by atoms with Crippen LogP contribution in [0.1, 0.15) is 112 Å². The average Bonchev–Trinajstić information content (AvgIpc) is 3.83. The zero-order valence-corrected chi connectivity index (χ0v) is 31.4. The molecule has 0 spiro atoms. The maximum Gasteiger partial charge on any atom is 0.375 e. The molecule has 3 aromatic rings. The Morgan fingerprint density at radius 2 is 1.91 bits per heavy atom. The smallest absolute Gasteiger partial charge is 0.375 e. The predicted octanol–water partition coefficient (Wildman–Crippen LogP) is 6.32. The first kappa shape index (κ1) is 37.8. The Balaban J connectivity index is 1.47. The number of allylic oxidation sites excluding steroid dienone is 3. The molecule has 1 aliphatic carbocycles. The van der Waals surface area contributed by atoms with Crippen LogP contribution in [0.5, 0.6) is 17.2 Å². The van der Waals surface area contributed by atoms with Gasteiger partial charge in [-0.3, -0.25) is 9.59 Å². The van der Waals surface area contributed by atoms with Gasteiger partial charge in [-0.25, -0.2) is 4.79 Å². The van der Waals surface area contributed by atoms with Crippen LogP contribution in [0, 0.1) is 5.92 Å². The van der Waals surface area contributed by atoms with E-state index in [0.29, 0.717) is 60.2 Å². The Morgan fingerprint density at radius 3 is 2.65 bits per heavy atom. The molecule has 0 saturated heterocycles. The molecule has 288 valence electrons. The summed E-state index contributed by atoms with van der Waals surface area (Å²) in [6.07, 6.45) is 8.42. The van der Waals surface area contributed by atoms with E-state index < -0.39 is 30.2 Å². The first-order chi connectivity index (χ1) is 26.1. The second-order valence-corrected chi connectivity index (χ2v) is 15.4. The van der Waals surface area contributed by atoms with E-state index in [4.69, 9.17) is 18.9 Å². The molecule has 4 heterocycles. The van der Waals surface area contributed by atoms with Gasteiger partial charge >= 0.3 is 5.97 Å². The van der Waals surface area contributed by atoms with Crippen LogP contribution in [0.25, 0.3) is 16.5 Å². The van der Waals surface area contributed by atoms with Crippen LogP contribution in [-0.4, -0.2) is 69.9 Å². The lowest BCUT2D eigenvalue weighted by Crippen LogP contribution is -2.42. The van der Waals surface area contributed by atoms with Crippen LogP contribution in [0.15, 0.2) is 41.3 Å². The second kappa shape index (κ2) is 15.7. The van der Waals surface area contributed by atoms with Crippen molar-refractivity contribution in [3.63, 3.8) is 0 Å². The molecule has 2 bridgehead atoms. The summed E-state index contributed by atoms with van der Waals surface area (Å²) in [6, 6.07) is 6.12. The number of esters is 1. The summed E-state index contributed by atoms with van der Waals surface area (Å²) in [7, 11) is 0. The number of aryl methyl sites for hydroxylation is 1. The largest absolute Gasteiger partial charge is 0.492 e. The van der Waals surface area contributed by atoms with Crippen molar-refractivity contribution in [2.45, 2.75) is 116 Å². The van der Waals surface area contributed by atoms with Gasteiger partial charge in [-0.15, -0.1) is 0 Å². The van der Waals surface area contributed by atoms with Gasteiger partial charge in [0.05, 0.1) is 42.1 Å². The lowest BCUT2D eigenvalue weighted by atomic mass is 9.74. The summed E-state index contributed by atoms with van der Waals surface area (Å²) < 4.78 is 25.0. The molecule has 0 unspecified atom stereocenters. The molecular formula is C43H51NO10. The Morgan fingerprint density at radius 1 is 1.07 bits per heavy atom. The molecular weight excluding hydrogens is 690 g/mol. The highest BCUT2D eigenvalue weighted by Crippen LogP contribution is 2.57. The lowest BCUT2D eigenvalue weighted by Gasteiger charge is -2.32. The lowest BCUT2D eigenvalue weighted by molar-refractivity contribution is -0.141. The van der Waals surface area contributed by atoms with E-state index >= 15 is 0 Å². The van der Waals surface area contributed by atoms with Crippen molar-refractivity contribution in [3.8, 4) is 17.2 Å². The van der Waals surface area contributed by atoms with Crippen LogP contribution >= 0.6 is 0 Å². The van der Waals surface area contributed by atoms with E-state index in [2.05, 4.69) is 24.0 Å². The van der Waals surface area contributed by atoms with Crippen LogP contribution in [0.3, 0.4) is 0 Å². The molecule has 4 atom stereocenters. The van der Waals surface area contributed by atoms with E-state index in [1.165, 1.54) is 0 Å². The van der Waals surface area contributed by atoms with E-state index in [9.17, 15) is 29.7 Å². The normalized spacial score (nSPS) is 22.0. The molecule has 11 nitrogen and oxygen atoms in total. The molecule has 1 fully saturated rings. The number of ether oxygens (including phenoxy) is 4. The first-order valence-electron chi connectivity index (χ1n) is 19.5. The number of carbonyl (C=O) groups excluding carboxylic acids is 3. The van der Waals surface area contributed by atoms with Crippen molar-refractivity contribution in [2.24, 2.45) is 5.92 Å². The number of aldehydes is 1. The third-order valence-electron chi connectivity index (χ3n) is 11.7. The Kier molecular flexibility index (Phi) is 11.0. The number of Topliss-reactive ketones (excluding diaryl/α,β-unsaturated/α-hetero) is 1. The maximum absolute atomic E-state index is 13.9. The van der Waals surface area contributed by atoms with Gasteiger partial charge in [-0.05, 0) is 80.7 Å². The first-order valence-corrected chi connectivity index (χ1v) is 19.5. The molecule has 4 N–H and O–H groups in total. The zero-order chi connectivity index (χ0) is 38.1. The number of H-pyrrole nitrogens is 1. The molecule has 11 heteroatoms. The highest BCUT2D eigenvalue weighted by atomic mass is 16.6. The molecule has 7 rings (SSSR count). The van der Waals surface area contributed by atoms with Gasteiger partial charge in [0.1, 0.15) is 29.1 Å². The Bertz CT molecular complexity index is 2020. The number of carbonyl (C=O) groups is 3. The monoisotopic (exact) mass is 741 g/mol. The summed E-state index contributed by atoms with van der Waals surface area (Å²) in [5.74, 6) is -1.17. The van der Waals surface area contributed by atoms with Crippen LogP contribution < -0.4 is 14.2 Å². The molecule has 4 aliphatic rings. The van der Waals surface area contributed by atoms with Crippen LogP contribution in [0.4, 0.5) is 0 Å². The van der Waals surface area contributed by atoms with Gasteiger partial charge < -0.3 is 39.3 Å². The van der Waals surface area contributed by atoms with Gasteiger partial charge in [-0.2, -0.15) is 0 Å². The third-order valence-corrected chi connectivity index (χ3v) is 11.7. The fourth-order valence-electron chi connectivity index (χ4n) is 8.70. The number of aliphatic hydroxyl groups excluding tert-OH is 2. The standard InChI is InChI=1S/C43H51NO10/c1-4-6-7-8-14-43(3,50)35-19-30-38(53-35)32(22-47)40-37-36(31(21-46)41(54-40)42(49)51-5-2)27-11-12-34(48)29(17-27)28-16-26-13-15-44-33(26)18-25(28)10-9-24(20-45)23-52-39(30)37/h13,15-16,18,21,24,29,35,44-45,47,50H,4-12,14,17,19-20,22-23H2,1-3H3/t24-,29-,35-,43-/m0/s1. The maximum atomic E-state index is 13.9. The summed E-state index contributed by atoms with van der Waals surface area (Å²) >= 11 is 0. The predicted molar refractivity (Wildman–Crippen MR) is 201 cm³/mol. The van der Waals surface area contributed by atoms with Crippen molar-refractivity contribution in [2.75, 3.05) is 19.8 Å². The van der Waals surface area contributed by atoms with Gasteiger partial charge in [0.15, 0.2) is 6.29 Å². The van der Waals surface area contributed by atoms with Gasteiger partial charge in [0.2, 0.25) is 5.76 Å². The number of hydrogen-bond acceptors (Lipinski definition) is 10. The van der Waals surface area contributed by atoms with Crippen molar-refractivity contribution in [1.29, 1.82) is 0 Å². The Labute approximate surface area is 315 Å². The summed E-state index contributed by atoms with van der Waals surface area (Å²) in [5, 5.41) is 34.4. The highest BCUT2D eigenvalue weighted by molar-refractivity contribution is 6.11. The SMILES string of the molecule is CCCCCC[C@](C)(O)[C@@H]1Cc2c(c(CO)c3c4c2OC[C@H](CO)CCc2cc5[nH]ccc5cc2[C@@H]2CC(=C4C(C=O)=C(C(=O)OCC)O3)CCC2=O)O1. The number of aromatic nitrogens is 1. The fraction of sp³-hybridized carbons (Fsp3) is 0.512. The van der Waals surface area contributed by atoms with E-state index in [0.717, 1.165) is 53.3 Å². The number of benzene rings is 2. The van der Waals surface area contributed by atoms with Gasteiger partial charge in [0, 0.05) is 54.1 Å². The topological polar surface area (TPSA) is 165 Å². The number of ketones is 1. The van der Waals surface area contributed by atoms with Crippen molar-refractivity contribution in [3.05, 3.63) is 69.1 Å². The number of unbranched alkanes of at least 4 members (excludes halogenated alkanes) is 3. The fourth-order valence-corrected chi connectivity index (χ4v) is 8.70. The minimum Gasteiger partial charge on any atom is -0.492 e. The van der Waals surface area contributed by atoms with Crippen molar-refractivity contribution >= 4 is 34.5 Å². The van der Waals surface area contributed by atoms with Crippen LogP contribution in [0.2, 0.25) is 0 Å². The minimum atomic E-state index is -1.22. The van der Waals surface area contributed by atoms with E-state index in [1.807, 2.05) is 12.3 Å². The number of aromatic amines is 1. The molecule has 0 radical (unpaired) electrons. The number of fused-ring (bicyclic) bond motifs is 7. The number of rotatable bonds is 11. The van der Waals surface area contributed by atoms with Crippen molar-refractivity contribution in [1.82, 2.24) is 4.98 Å². The van der Waals surface area contributed by atoms with E-state index in [1.54, 1.807) is 13.8 Å². The molecule has 1 saturated carbocycles. The average molecular weight is 742 g/mol. The quantitative estimate of drug-likeness (QED) is 0.0994. The third kappa shape index (κ3) is 6.86. The van der Waals surface area contributed by atoms with Gasteiger partial charge in [-0.1, -0.05) is 38.2 Å². The van der Waals surface area contributed by atoms with Crippen molar-refractivity contribution < 1.29 is 48.7 Å². The number of aliphatic hydroxyl groups is 3. The van der Waals surface area contributed by atoms with Gasteiger partial charge in [0.25, 0.3) is 0 Å². The summed E-state index contributed by atoms with van der Waals surface area (Å²) in [6.45, 7) is 4.99. The summed E-state index contributed by atoms with van der Waals surface area (Å²) in [4.78, 5) is 44.0. The molecule has 0 amide bonds. The molecule has 3 aliphatic heterocycles. The Hall–Kier alpha value is -4.45. The summed E-state index contributed by atoms with van der Waals surface area (Å²) in [5.41, 5.74) is 4.05. The number of nitrogens with one attached hydrogen (secondary N) is 1. The highest BCUT2D eigenvalue weighted by Gasteiger charge is 2.46. The second-order valence-electron chi connectivity index (χ2n) is 15.4. The molecule has 54 heavy (non-hydrogen) atoms. The molecule has 1 aromatic heterocycles. The number of hydrogen-bond donors (Lipinski definition) is 4. The zero-order valence-electron chi connectivity index (χ0n) is 31.4. The minimum absolute atomic E-state index is 0.0222. The molecule has 2 aromatic carbocycles. The van der Waals surface area contributed by atoms with E-state index in [-0.39, 0.29) is 73.4 Å². The van der Waals surface area contributed by atoms with Crippen LogP contribution in [-0.2, 0) is 38.6 Å².